The highest BCUT2D eigenvalue weighted by Crippen LogP contribution is 2.30. The summed E-state index contributed by atoms with van der Waals surface area (Å²) in [4.78, 5) is 0. The Morgan fingerprint density at radius 1 is 1.25 bits per heavy atom. The topological polar surface area (TPSA) is 43.8 Å². The van der Waals surface area contributed by atoms with Crippen molar-refractivity contribution in [2.45, 2.75) is 32.4 Å². The molecule has 2 N–H and O–H groups in total. The molecule has 2 heterocycles. The van der Waals surface area contributed by atoms with Gasteiger partial charge in [0.1, 0.15) is 0 Å². The predicted octanol–water partition coefficient (Wildman–Crippen LogP) is 3.92. The first-order valence-electron chi connectivity index (χ1n) is 6.91. The first-order chi connectivity index (χ1) is 9.65. The smallest absolute Gasteiger partial charge is 0.0643 e. The minimum absolute atomic E-state index is 0.00154. The fraction of sp³-hybridized carbons (Fsp3) is 0.312. The molecule has 0 radical (unpaired) electrons. The quantitative estimate of drug-likeness (QED) is 0.789. The van der Waals surface area contributed by atoms with Crippen molar-refractivity contribution in [3.8, 4) is 0 Å². The van der Waals surface area contributed by atoms with Crippen molar-refractivity contribution >= 4 is 21.4 Å². The fourth-order valence-corrected chi connectivity index (χ4v) is 3.42. The lowest BCUT2D eigenvalue weighted by molar-refractivity contribution is 0.523. The third-order valence-electron chi connectivity index (χ3n) is 3.53. The number of hydrogen-bond donors (Lipinski definition) is 1. The molecule has 1 aromatic carbocycles. The minimum atomic E-state index is 0.00154. The molecule has 0 bridgehead atoms. The Bertz CT molecular complexity index is 711. The van der Waals surface area contributed by atoms with E-state index in [2.05, 4.69) is 54.7 Å². The SMILES string of the molecule is CC(C)n1ccc(CC(N)c2csc3ccccc23)n1. The van der Waals surface area contributed by atoms with E-state index in [0.29, 0.717) is 6.04 Å². The number of thiophene rings is 1. The zero-order valence-corrected chi connectivity index (χ0v) is 12.6. The Morgan fingerprint density at radius 3 is 2.80 bits per heavy atom. The number of fused-ring (bicyclic) bond motifs is 1. The van der Waals surface area contributed by atoms with E-state index in [4.69, 9.17) is 5.73 Å². The molecule has 1 unspecified atom stereocenters. The van der Waals surface area contributed by atoms with Crippen molar-refractivity contribution in [2.75, 3.05) is 0 Å². The van der Waals surface area contributed by atoms with Gasteiger partial charge >= 0.3 is 0 Å². The van der Waals surface area contributed by atoms with Crippen molar-refractivity contribution in [1.29, 1.82) is 0 Å². The summed E-state index contributed by atoms with van der Waals surface area (Å²) in [6, 6.07) is 10.9. The molecule has 0 aliphatic carbocycles. The van der Waals surface area contributed by atoms with Crippen LogP contribution in [0.5, 0.6) is 0 Å². The van der Waals surface area contributed by atoms with Gasteiger partial charge in [0.05, 0.1) is 5.69 Å². The molecule has 104 valence electrons. The third kappa shape index (κ3) is 2.49. The highest BCUT2D eigenvalue weighted by atomic mass is 32.1. The third-order valence-corrected chi connectivity index (χ3v) is 4.51. The Balaban J connectivity index is 1.83. The van der Waals surface area contributed by atoms with Crippen molar-refractivity contribution in [1.82, 2.24) is 9.78 Å². The van der Waals surface area contributed by atoms with Crippen LogP contribution in [0.3, 0.4) is 0 Å². The van der Waals surface area contributed by atoms with Gasteiger partial charge in [-0.25, -0.2) is 0 Å². The largest absolute Gasteiger partial charge is 0.324 e. The zero-order valence-electron chi connectivity index (χ0n) is 11.8. The number of benzene rings is 1. The van der Waals surface area contributed by atoms with Gasteiger partial charge in [0.25, 0.3) is 0 Å². The molecule has 0 spiro atoms. The van der Waals surface area contributed by atoms with Gasteiger partial charge in [-0.1, -0.05) is 18.2 Å². The monoisotopic (exact) mass is 285 g/mol. The fourth-order valence-electron chi connectivity index (χ4n) is 2.39. The average Bonchev–Trinajstić information content (AvgIpc) is 3.04. The van der Waals surface area contributed by atoms with Crippen LogP contribution in [0.1, 0.15) is 37.2 Å². The van der Waals surface area contributed by atoms with Gasteiger partial charge < -0.3 is 5.73 Å². The lowest BCUT2D eigenvalue weighted by atomic mass is 10.0. The Hall–Kier alpha value is -1.65. The number of aromatic nitrogens is 2. The van der Waals surface area contributed by atoms with Crippen molar-refractivity contribution in [3.63, 3.8) is 0 Å². The number of rotatable bonds is 4. The highest BCUT2D eigenvalue weighted by Gasteiger charge is 2.14. The molecule has 0 amide bonds. The summed E-state index contributed by atoms with van der Waals surface area (Å²) in [5, 5.41) is 8.03. The standard InChI is InChI=1S/C16H19N3S/c1-11(2)19-8-7-12(18-19)9-15(17)14-10-20-16-6-4-3-5-13(14)16/h3-8,10-11,15H,9,17H2,1-2H3. The molecule has 3 rings (SSSR count). The molecule has 0 saturated carbocycles. The van der Waals surface area contributed by atoms with Gasteiger partial charge in [0.15, 0.2) is 0 Å². The first kappa shape index (κ1) is 13.3. The maximum atomic E-state index is 6.38. The zero-order chi connectivity index (χ0) is 14.1. The summed E-state index contributed by atoms with van der Waals surface area (Å²) in [6.07, 6.45) is 2.80. The molecule has 2 aromatic heterocycles. The van der Waals surface area contributed by atoms with Crippen LogP contribution in [-0.4, -0.2) is 9.78 Å². The van der Waals surface area contributed by atoms with Crippen LogP contribution in [-0.2, 0) is 6.42 Å². The van der Waals surface area contributed by atoms with Crippen LogP contribution >= 0.6 is 11.3 Å². The molecule has 4 heteroatoms. The number of nitrogens with two attached hydrogens (primary N) is 1. The van der Waals surface area contributed by atoms with Gasteiger partial charge in [-0.15, -0.1) is 11.3 Å². The molecule has 3 nitrogen and oxygen atoms in total. The number of nitrogens with zero attached hydrogens (tertiary/aromatic N) is 2. The van der Waals surface area contributed by atoms with Crippen LogP contribution in [0.2, 0.25) is 0 Å². The van der Waals surface area contributed by atoms with E-state index in [9.17, 15) is 0 Å². The Labute approximate surface area is 123 Å². The summed E-state index contributed by atoms with van der Waals surface area (Å²) in [5.74, 6) is 0. The van der Waals surface area contributed by atoms with Gasteiger partial charge in [-0.05, 0) is 42.3 Å². The Kier molecular flexibility index (Phi) is 3.59. The van der Waals surface area contributed by atoms with E-state index in [1.54, 1.807) is 11.3 Å². The normalized spacial score (nSPS) is 13.2. The maximum Gasteiger partial charge on any atom is 0.0643 e. The minimum Gasteiger partial charge on any atom is -0.324 e. The van der Waals surface area contributed by atoms with Crippen LogP contribution < -0.4 is 5.73 Å². The summed E-state index contributed by atoms with van der Waals surface area (Å²) >= 11 is 1.76. The molecule has 20 heavy (non-hydrogen) atoms. The molecule has 3 aromatic rings. The van der Waals surface area contributed by atoms with Crippen LogP contribution in [0, 0.1) is 0 Å². The van der Waals surface area contributed by atoms with Gasteiger partial charge in [-0.3, -0.25) is 4.68 Å². The second-order valence-corrected chi connectivity index (χ2v) is 6.29. The van der Waals surface area contributed by atoms with Gasteiger partial charge in [0.2, 0.25) is 0 Å². The van der Waals surface area contributed by atoms with Crippen LogP contribution in [0.25, 0.3) is 10.1 Å². The van der Waals surface area contributed by atoms with E-state index >= 15 is 0 Å². The predicted molar refractivity (Wildman–Crippen MR) is 85.1 cm³/mol. The molecule has 0 fully saturated rings. The second-order valence-electron chi connectivity index (χ2n) is 5.38. The molecule has 0 saturated heterocycles. The van der Waals surface area contributed by atoms with E-state index in [-0.39, 0.29) is 6.04 Å². The van der Waals surface area contributed by atoms with Crippen molar-refractivity contribution < 1.29 is 0 Å². The van der Waals surface area contributed by atoms with E-state index < -0.39 is 0 Å². The second kappa shape index (κ2) is 5.38. The first-order valence-corrected chi connectivity index (χ1v) is 7.79. The van der Waals surface area contributed by atoms with E-state index in [0.717, 1.165) is 12.1 Å². The van der Waals surface area contributed by atoms with Gasteiger partial charge in [0, 0.05) is 29.4 Å². The van der Waals surface area contributed by atoms with E-state index in [1.165, 1.54) is 15.6 Å². The number of hydrogen-bond acceptors (Lipinski definition) is 3. The molecule has 0 aliphatic rings. The van der Waals surface area contributed by atoms with Crippen LogP contribution in [0.4, 0.5) is 0 Å². The summed E-state index contributed by atoms with van der Waals surface area (Å²) in [5.41, 5.74) is 8.66. The summed E-state index contributed by atoms with van der Waals surface area (Å²) in [7, 11) is 0. The highest BCUT2D eigenvalue weighted by molar-refractivity contribution is 7.17. The average molecular weight is 285 g/mol. The van der Waals surface area contributed by atoms with Crippen molar-refractivity contribution in [3.05, 3.63) is 53.2 Å². The maximum absolute atomic E-state index is 6.38. The van der Waals surface area contributed by atoms with Crippen LogP contribution in [0.15, 0.2) is 41.9 Å². The van der Waals surface area contributed by atoms with E-state index in [1.807, 2.05) is 10.9 Å². The lowest BCUT2D eigenvalue weighted by Gasteiger charge is -2.09. The summed E-state index contributed by atoms with van der Waals surface area (Å²) < 4.78 is 3.28. The molecule has 0 aliphatic heterocycles. The molecule has 1 atom stereocenters. The molecular weight excluding hydrogens is 266 g/mol. The van der Waals surface area contributed by atoms with Crippen molar-refractivity contribution in [2.24, 2.45) is 5.73 Å². The summed E-state index contributed by atoms with van der Waals surface area (Å²) in [6.45, 7) is 4.26. The Morgan fingerprint density at radius 2 is 2.05 bits per heavy atom. The van der Waals surface area contributed by atoms with Gasteiger partial charge in [-0.2, -0.15) is 5.10 Å². The molecular formula is C16H19N3S. The lowest BCUT2D eigenvalue weighted by Crippen LogP contribution is -2.13.